The van der Waals surface area contributed by atoms with Crippen LogP contribution in [-0.4, -0.2) is 52.6 Å². The number of imide groups is 2. The molecule has 1 N–H and O–H groups in total. The SMILES string of the molecule is O=C(CCN1C(=O)C=CC1=O)NCCCC=CON1C(=O)CCC1=O. The molecule has 2 aliphatic heterocycles. The van der Waals surface area contributed by atoms with E-state index in [-0.39, 0.29) is 43.5 Å². The standard InChI is InChI=1S/C16H19N3O6/c20-12(8-10-18-13(21)4-5-14(18)22)17-9-2-1-3-11-25-19-15(23)6-7-16(19)24/h3-5,11H,1-2,6-10H2,(H,17,20). The first-order chi connectivity index (χ1) is 12.0. The van der Waals surface area contributed by atoms with Gasteiger partial charge in [0.05, 0.1) is 0 Å². The highest BCUT2D eigenvalue weighted by Crippen LogP contribution is 2.12. The predicted octanol–water partition coefficient (Wildman–Crippen LogP) is -0.208. The Morgan fingerprint density at radius 3 is 2.40 bits per heavy atom. The normalized spacial score (nSPS) is 17.3. The van der Waals surface area contributed by atoms with Crippen LogP contribution in [0.4, 0.5) is 0 Å². The molecule has 134 valence electrons. The van der Waals surface area contributed by atoms with Crippen molar-refractivity contribution in [3.05, 3.63) is 24.5 Å². The van der Waals surface area contributed by atoms with Gasteiger partial charge in [0.15, 0.2) is 0 Å². The first-order valence-corrected chi connectivity index (χ1v) is 7.97. The van der Waals surface area contributed by atoms with E-state index in [0.717, 1.165) is 9.96 Å². The van der Waals surface area contributed by atoms with Gasteiger partial charge < -0.3 is 10.2 Å². The largest absolute Gasteiger partial charge is 0.377 e. The van der Waals surface area contributed by atoms with E-state index in [9.17, 15) is 24.0 Å². The van der Waals surface area contributed by atoms with Crippen molar-refractivity contribution in [3.63, 3.8) is 0 Å². The first kappa shape index (κ1) is 18.4. The zero-order chi connectivity index (χ0) is 18.2. The Bertz CT molecular complexity index is 606. The molecule has 5 amide bonds. The van der Waals surface area contributed by atoms with Gasteiger partial charge in [0.25, 0.3) is 23.6 Å². The minimum atomic E-state index is -0.405. The van der Waals surface area contributed by atoms with Gasteiger partial charge in [-0.05, 0) is 18.9 Å². The maximum atomic E-state index is 11.6. The maximum Gasteiger partial charge on any atom is 0.263 e. The van der Waals surface area contributed by atoms with Crippen LogP contribution in [0, 0.1) is 0 Å². The summed E-state index contributed by atoms with van der Waals surface area (Å²) in [5.74, 6) is -1.77. The second-order valence-corrected chi connectivity index (χ2v) is 5.46. The molecule has 1 saturated heterocycles. The van der Waals surface area contributed by atoms with Crippen LogP contribution in [0.1, 0.15) is 32.1 Å². The number of allylic oxidation sites excluding steroid dienone is 1. The van der Waals surface area contributed by atoms with Crippen LogP contribution in [0.25, 0.3) is 0 Å². The second kappa shape index (κ2) is 8.76. The van der Waals surface area contributed by atoms with Gasteiger partial charge in [-0.2, -0.15) is 0 Å². The van der Waals surface area contributed by atoms with E-state index in [0.29, 0.717) is 19.4 Å². The monoisotopic (exact) mass is 349 g/mol. The highest BCUT2D eigenvalue weighted by atomic mass is 16.7. The van der Waals surface area contributed by atoms with Crippen molar-refractivity contribution in [2.45, 2.75) is 32.1 Å². The lowest BCUT2D eigenvalue weighted by Gasteiger charge is -2.13. The van der Waals surface area contributed by atoms with Gasteiger partial charge in [-0.3, -0.25) is 28.9 Å². The van der Waals surface area contributed by atoms with Gasteiger partial charge in [0.2, 0.25) is 5.91 Å². The molecule has 2 heterocycles. The summed E-state index contributed by atoms with van der Waals surface area (Å²) in [7, 11) is 0. The first-order valence-electron chi connectivity index (χ1n) is 7.97. The van der Waals surface area contributed by atoms with Crippen molar-refractivity contribution >= 4 is 29.5 Å². The molecular weight excluding hydrogens is 330 g/mol. The van der Waals surface area contributed by atoms with Crippen molar-refractivity contribution in [3.8, 4) is 0 Å². The molecule has 2 aliphatic rings. The van der Waals surface area contributed by atoms with Gasteiger partial charge in [0.1, 0.15) is 6.26 Å². The zero-order valence-electron chi connectivity index (χ0n) is 13.6. The smallest absolute Gasteiger partial charge is 0.263 e. The molecule has 0 spiro atoms. The fraction of sp³-hybridized carbons (Fsp3) is 0.438. The predicted molar refractivity (Wildman–Crippen MR) is 84.0 cm³/mol. The number of hydrogen-bond donors (Lipinski definition) is 1. The van der Waals surface area contributed by atoms with E-state index in [2.05, 4.69) is 5.32 Å². The maximum absolute atomic E-state index is 11.6. The molecule has 0 aliphatic carbocycles. The number of amides is 5. The summed E-state index contributed by atoms with van der Waals surface area (Å²) in [6.45, 7) is 0.479. The lowest BCUT2D eigenvalue weighted by molar-refractivity contribution is -0.173. The number of hydroxylamine groups is 2. The third kappa shape index (κ3) is 5.27. The quantitative estimate of drug-likeness (QED) is 0.350. The Morgan fingerprint density at radius 2 is 1.76 bits per heavy atom. The topological polar surface area (TPSA) is 113 Å². The Labute approximate surface area is 144 Å². The number of nitrogens with one attached hydrogen (secondary N) is 1. The molecule has 0 saturated carbocycles. The van der Waals surface area contributed by atoms with Crippen molar-refractivity contribution < 1.29 is 28.8 Å². The average molecular weight is 349 g/mol. The Kier molecular flexibility index (Phi) is 6.44. The van der Waals surface area contributed by atoms with Crippen LogP contribution in [0.5, 0.6) is 0 Å². The summed E-state index contributed by atoms with van der Waals surface area (Å²) < 4.78 is 0. The molecule has 1 fully saturated rings. The highest BCUT2D eigenvalue weighted by molar-refractivity contribution is 6.13. The lowest BCUT2D eigenvalue weighted by atomic mass is 10.3. The molecule has 0 radical (unpaired) electrons. The average Bonchev–Trinajstić information content (AvgIpc) is 3.07. The van der Waals surface area contributed by atoms with Crippen LogP contribution in [0.3, 0.4) is 0 Å². The van der Waals surface area contributed by atoms with Crippen molar-refractivity contribution in [2.75, 3.05) is 13.1 Å². The molecule has 0 aromatic heterocycles. The summed E-state index contributed by atoms with van der Waals surface area (Å²) in [6.07, 6.45) is 6.90. The molecule has 25 heavy (non-hydrogen) atoms. The molecule has 0 aromatic rings. The van der Waals surface area contributed by atoms with Gasteiger partial charge >= 0.3 is 0 Å². The Morgan fingerprint density at radius 1 is 1.12 bits per heavy atom. The van der Waals surface area contributed by atoms with E-state index in [1.165, 1.54) is 18.4 Å². The summed E-state index contributed by atoms with van der Waals surface area (Å²) in [5.41, 5.74) is 0. The van der Waals surface area contributed by atoms with Crippen LogP contribution in [0.2, 0.25) is 0 Å². The molecule has 2 rings (SSSR count). The third-order valence-corrected chi connectivity index (χ3v) is 3.60. The minimum Gasteiger partial charge on any atom is -0.377 e. The van der Waals surface area contributed by atoms with Crippen LogP contribution in [0.15, 0.2) is 24.5 Å². The zero-order valence-corrected chi connectivity index (χ0v) is 13.6. The van der Waals surface area contributed by atoms with Gasteiger partial charge in [-0.1, -0.05) is 0 Å². The van der Waals surface area contributed by atoms with Gasteiger partial charge in [0, 0.05) is 44.5 Å². The lowest BCUT2D eigenvalue weighted by Crippen LogP contribution is -2.34. The number of carbonyl (C=O) groups is 5. The number of hydrogen-bond acceptors (Lipinski definition) is 6. The number of nitrogens with zero attached hydrogens (tertiary/aromatic N) is 2. The van der Waals surface area contributed by atoms with E-state index in [1.807, 2.05) is 0 Å². The van der Waals surface area contributed by atoms with Crippen LogP contribution in [-0.2, 0) is 28.8 Å². The van der Waals surface area contributed by atoms with E-state index in [1.54, 1.807) is 6.08 Å². The molecular formula is C16H19N3O6. The van der Waals surface area contributed by atoms with E-state index < -0.39 is 11.8 Å². The summed E-state index contributed by atoms with van der Waals surface area (Å²) >= 11 is 0. The molecule has 0 atom stereocenters. The summed E-state index contributed by atoms with van der Waals surface area (Å²) in [5, 5.41) is 3.42. The minimum absolute atomic E-state index is 0.0529. The fourth-order valence-corrected chi connectivity index (χ4v) is 2.25. The Hall–Kier alpha value is -2.97. The van der Waals surface area contributed by atoms with Crippen molar-refractivity contribution in [2.24, 2.45) is 0 Å². The Balaban J connectivity index is 1.52. The molecule has 0 aromatic carbocycles. The number of unbranched alkanes of at least 4 members (excludes halogenated alkanes) is 1. The molecule has 0 unspecified atom stereocenters. The van der Waals surface area contributed by atoms with Gasteiger partial charge in [-0.15, -0.1) is 5.06 Å². The molecule has 9 nitrogen and oxygen atoms in total. The van der Waals surface area contributed by atoms with Crippen molar-refractivity contribution in [1.29, 1.82) is 0 Å². The highest BCUT2D eigenvalue weighted by Gasteiger charge is 2.30. The summed E-state index contributed by atoms with van der Waals surface area (Å²) in [4.78, 5) is 62.8. The van der Waals surface area contributed by atoms with E-state index >= 15 is 0 Å². The van der Waals surface area contributed by atoms with Crippen molar-refractivity contribution in [1.82, 2.24) is 15.3 Å². The second-order valence-electron chi connectivity index (χ2n) is 5.46. The van der Waals surface area contributed by atoms with E-state index in [4.69, 9.17) is 4.84 Å². The van der Waals surface area contributed by atoms with Crippen LogP contribution >= 0.6 is 0 Å². The molecule has 9 heteroatoms. The van der Waals surface area contributed by atoms with Crippen LogP contribution < -0.4 is 5.32 Å². The number of carbonyl (C=O) groups excluding carboxylic acids is 5. The number of rotatable bonds is 9. The van der Waals surface area contributed by atoms with Gasteiger partial charge in [-0.25, -0.2) is 0 Å². The fourth-order valence-electron chi connectivity index (χ4n) is 2.25. The summed E-state index contributed by atoms with van der Waals surface area (Å²) in [6, 6.07) is 0. The molecule has 0 bridgehead atoms. The third-order valence-electron chi connectivity index (χ3n) is 3.60.